The molecule has 37 heavy (non-hydrogen) atoms. The van der Waals surface area contributed by atoms with E-state index in [1.54, 1.807) is 6.92 Å². The summed E-state index contributed by atoms with van der Waals surface area (Å²) in [4.78, 5) is 11.9. The first-order valence-corrected chi connectivity index (χ1v) is 15.4. The van der Waals surface area contributed by atoms with E-state index in [0.717, 1.165) is 38.7 Å². The second kappa shape index (κ2) is 8.19. The van der Waals surface area contributed by atoms with Crippen LogP contribution in [0.3, 0.4) is 0 Å². The van der Waals surface area contributed by atoms with Crippen molar-refractivity contribution in [2.75, 3.05) is 19.8 Å². The number of rotatable bonds is 4. The van der Waals surface area contributed by atoms with E-state index in [2.05, 4.69) is 34.6 Å². The molecule has 6 fully saturated rings. The normalized spacial score (nSPS) is 58.5. The molecule has 6 rings (SSSR count). The van der Waals surface area contributed by atoms with Gasteiger partial charge in [-0.15, -0.1) is 0 Å². The number of ether oxygens (including phenoxy) is 2. The Bertz CT molecular complexity index is 945. The zero-order valence-electron chi connectivity index (χ0n) is 24.3. The summed E-state index contributed by atoms with van der Waals surface area (Å²) >= 11 is 0. The Kier molecular flexibility index (Phi) is 5.88. The first-order valence-electron chi connectivity index (χ1n) is 15.4. The van der Waals surface area contributed by atoms with E-state index < -0.39 is 11.5 Å². The second-order valence-electron chi connectivity index (χ2n) is 15.8. The lowest BCUT2D eigenvalue weighted by Gasteiger charge is -2.73. The fraction of sp³-hybridized carbons (Fsp3) is 0.969. The Morgan fingerprint density at radius 3 is 2.24 bits per heavy atom. The standard InChI is InChI=1S/C32H52O5/c1-20(34)36-19-32-14-9-22(31(6)18-37-31)26(32)21-7-8-24-27(2)12-11-25(35)28(3,17-33)23(27)10-13-30(24,5)29(21,4)15-16-32/h21-26,33,35H,7-19H2,1-6H3/t21?,22-,23-,24?,25+,26?,27+,28+,29-,30-,31?,32-/m1/s1. The van der Waals surface area contributed by atoms with Crippen molar-refractivity contribution < 1.29 is 24.5 Å². The number of carbonyl (C=O) groups is 1. The highest BCUT2D eigenvalue weighted by atomic mass is 16.6. The maximum Gasteiger partial charge on any atom is 0.302 e. The van der Waals surface area contributed by atoms with Gasteiger partial charge in [0.15, 0.2) is 0 Å². The molecule has 12 atom stereocenters. The third-order valence-corrected chi connectivity index (χ3v) is 14.7. The predicted octanol–water partition coefficient (Wildman–Crippen LogP) is 5.75. The van der Waals surface area contributed by atoms with Gasteiger partial charge in [-0.25, -0.2) is 0 Å². The molecule has 5 saturated carbocycles. The molecule has 2 N–H and O–H groups in total. The highest BCUT2D eigenvalue weighted by Crippen LogP contribution is 2.78. The molecule has 0 aromatic rings. The van der Waals surface area contributed by atoms with Gasteiger partial charge in [-0.3, -0.25) is 4.79 Å². The topological polar surface area (TPSA) is 79.3 Å². The van der Waals surface area contributed by atoms with Gasteiger partial charge in [0, 0.05) is 17.8 Å². The minimum Gasteiger partial charge on any atom is -0.465 e. The van der Waals surface area contributed by atoms with Gasteiger partial charge < -0.3 is 19.7 Å². The predicted molar refractivity (Wildman–Crippen MR) is 143 cm³/mol. The zero-order chi connectivity index (χ0) is 26.6. The molecule has 1 heterocycles. The van der Waals surface area contributed by atoms with Gasteiger partial charge in [0.05, 0.1) is 31.5 Å². The van der Waals surface area contributed by atoms with Crippen molar-refractivity contribution in [3.63, 3.8) is 0 Å². The maximum absolute atomic E-state index is 11.9. The SMILES string of the molecule is CC(=O)OC[C@]12CC[C@@H](C3(C)CO3)C1C1CCC3[C@@]4(C)CC[C@H](O)[C@@](C)(CO)[C@@H]4CC[C@@]3(C)[C@]1(C)CC2. The van der Waals surface area contributed by atoms with E-state index in [0.29, 0.717) is 36.2 Å². The van der Waals surface area contributed by atoms with E-state index in [-0.39, 0.29) is 39.8 Å². The Morgan fingerprint density at radius 1 is 0.865 bits per heavy atom. The number of aliphatic hydroxyl groups is 2. The first-order chi connectivity index (χ1) is 17.3. The molecule has 5 aliphatic carbocycles. The maximum atomic E-state index is 11.9. The van der Waals surface area contributed by atoms with Gasteiger partial charge in [0.1, 0.15) is 0 Å². The monoisotopic (exact) mass is 516 g/mol. The van der Waals surface area contributed by atoms with Crippen LogP contribution in [0.1, 0.15) is 106 Å². The van der Waals surface area contributed by atoms with Crippen molar-refractivity contribution in [3.05, 3.63) is 0 Å². The lowest BCUT2D eigenvalue weighted by Crippen LogP contribution is -2.67. The van der Waals surface area contributed by atoms with Crippen LogP contribution in [0.2, 0.25) is 0 Å². The van der Waals surface area contributed by atoms with Crippen LogP contribution in [0.15, 0.2) is 0 Å². The molecule has 5 heteroatoms. The molecule has 210 valence electrons. The van der Waals surface area contributed by atoms with Gasteiger partial charge in [-0.2, -0.15) is 0 Å². The molecule has 5 nitrogen and oxygen atoms in total. The van der Waals surface area contributed by atoms with Gasteiger partial charge in [0.2, 0.25) is 0 Å². The van der Waals surface area contributed by atoms with Crippen LogP contribution in [0.25, 0.3) is 0 Å². The number of aliphatic hydroxyl groups excluding tert-OH is 2. The number of epoxide rings is 1. The largest absolute Gasteiger partial charge is 0.465 e. The summed E-state index contributed by atoms with van der Waals surface area (Å²) in [5.41, 5.74) is 0.353. The molecule has 1 aliphatic heterocycles. The van der Waals surface area contributed by atoms with Crippen molar-refractivity contribution in [2.45, 2.75) is 117 Å². The second-order valence-corrected chi connectivity index (χ2v) is 15.8. The molecule has 4 unspecified atom stereocenters. The lowest BCUT2D eigenvalue weighted by atomic mass is 9.32. The van der Waals surface area contributed by atoms with Crippen LogP contribution < -0.4 is 0 Å². The number of fused-ring (bicyclic) bond motifs is 7. The highest BCUT2D eigenvalue weighted by Gasteiger charge is 2.73. The summed E-state index contributed by atoms with van der Waals surface area (Å²) in [6.07, 6.45) is 11.0. The summed E-state index contributed by atoms with van der Waals surface area (Å²) in [7, 11) is 0. The number of hydrogen-bond donors (Lipinski definition) is 2. The van der Waals surface area contributed by atoms with E-state index in [4.69, 9.17) is 9.47 Å². The minimum atomic E-state index is -0.401. The fourth-order valence-electron chi connectivity index (χ4n) is 12.3. The average molecular weight is 517 g/mol. The van der Waals surface area contributed by atoms with Gasteiger partial charge >= 0.3 is 5.97 Å². The number of carbonyl (C=O) groups excluding carboxylic acids is 1. The third kappa shape index (κ3) is 3.35. The molecule has 0 aromatic carbocycles. The smallest absolute Gasteiger partial charge is 0.302 e. The van der Waals surface area contributed by atoms with Crippen LogP contribution in [-0.4, -0.2) is 47.7 Å². The molecular weight excluding hydrogens is 464 g/mol. The zero-order valence-corrected chi connectivity index (χ0v) is 24.3. The third-order valence-electron chi connectivity index (χ3n) is 14.7. The van der Waals surface area contributed by atoms with Crippen molar-refractivity contribution in [3.8, 4) is 0 Å². The molecule has 1 saturated heterocycles. The van der Waals surface area contributed by atoms with Crippen molar-refractivity contribution >= 4 is 5.97 Å². The quantitative estimate of drug-likeness (QED) is 0.367. The summed E-state index contributed by atoms with van der Waals surface area (Å²) in [6.45, 7) is 15.4. The Morgan fingerprint density at radius 2 is 1.59 bits per heavy atom. The Labute approximate surface area is 224 Å². The Hall–Kier alpha value is -0.650. The average Bonchev–Trinajstić information content (AvgIpc) is 3.47. The lowest BCUT2D eigenvalue weighted by molar-refractivity contribution is -0.257. The van der Waals surface area contributed by atoms with Gasteiger partial charge in [-0.1, -0.05) is 27.7 Å². The minimum absolute atomic E-state index is 0.00469. The molecular formula is C32H52O5. The van der Waals surface area contributed by atoms with E-state index >= 15 is 0 Å². The van der Waals surface area contributed by atoms with E-state index in [9.17, 15) is 15.0 Å². The van der Waals surface area contributed by atoms with Crippen LogP contribution in [0, 0.1) is 56.7 Å². The molecule has 0 amide bonds. The Balaban J connectivity index is 1.37. The van der Waals surface area contributed by atoms with Gasteiger partial charge in [0.25, 0.3) is 0 Å². The summed E-state index contributed by atoms with van der Waals surface area (Å²) in [5.74, 6) is 2.58. The van der Waals surface area contributed by atoms with E-state index in [1.807, 2.05) is 0 Å². The summed E-state index contributed by atoms with van der Waals surface area (Å²) in [6, 6.07) is 0. The number of hydrogen-bond acceptors (Lipinski definition) is 5. The van der Waals surface area contributed by atoms with Crippen LogP contribution >= 0.6 is 0 Å². The summed E-state index contributed by atoms with van der Waals surface area (Å²) in [5, 5.41) is 21.5. The number of esters is 1. The van der Waals surface area contributed by atoms with Crippen LogP contribution in [0.5, 0.6) is 0 Å². The molecule has 0 aromatic heterocycles. The molecule has 0 bridgehead atoms. The van der Waals surface area contributed by atoms with Crippen LogP contribution in [0.4, 0.5) is 0 Å². The fourth-order valence-corrected chi connectivity index (χ4v) is 12.3. The van der Waals surface area contributed by atoms with Crippen molar-refractivity contribution in [2.24, 2.45) is 56.7 Å². The highest BCUT2D eigenvalue weighted by molar-refractivity contribution is 5.65. The van der Waals surface area contributed by atoms with Crippen molar-refractivity contribution in [1.82, 2.24) is 0 Å². The van der Waals surface area contributed by atoms with Crippen LogP contribution in [-0.2, 0) is 14.3 Å². The molecule has 0 radical (unpaired) electrons. The van der Waals surface area contributed by atoms with Crippen molar-refractivity contribution in [1.29, 1.82) is 0 Å². The summed E-state index contributed by atoms with van der Waals surface area (Å²) < 4.78 is 11.9. The van der Waals surface area contributed by atoms with E-state index in [1.165, 1.54) is 32.1 Å². The first kappa shape index (κ1) is 26.6. The molecule has 6 aliphatic rings. The van der Waals surface area contributed by atoms with Gasteiger partial charge in [-0.05, 0) is 117 Å². The molecule has 0 spiro atoms.